The van der Waals surface area contributed by atoms with Gasteiger partial charge in [0.25, 0.3) is 0 Å². The molecule has 13 heavy (non-hydrogen) atoms. The fraction of sp³-hybridized carbons (Fsp3) is 1.00. The number of aliphatic hydroxyl groups is 1. The Morgan fingerprint density at radius 2 is 1.92 bits per heavy atom. The van der Waals surface area contributed by atoms with Crippen molar-refractivity contribution in [3.05, 3.63) is 0 Å². The molecule has 0 aliphatic heterocycles. The highest BCUT2D eigenvalue weighted by molar-refractivity contribution is 4.61. The van der Waals surface area contributed by atoms with Crippen LogP contribution in [0.15, 0.2) is 0 Å². The van der Waals surface area contributed by atoms with Crippen LogP contribution < -0.4 is 0 Å². The molecule has 0 amide bonds. The third kappa shape index (κ3) is 6.99. The van der Waals surface area contributed by atoms with Gasteiger partial charge in [0.05, 0.1) is 6.61 Å². The molecule has 0 aliphatic carbocycles. The molecule has 0 unspecified atom stereocenters. The van der Waals surface area contributed by atoms with Crippen molar-refractivity contribution in [2.45, 2.75) is 32.7 Å². The Hall–Kier alpha value is -0.120. The molecule has 0 rings (SSSR count). The zero-order valence-electron chi connectivity index (χ0n) is 9.12. The lowest BCUT2D eigenvalue weighted by Crippen LogP contribution is -2.34. The van der Waals surface area contributed by atoms with Gasteiger partial charge in [-0.3, -0.25) is 4.90 Å². The van der Waals surface area contributed by atoms with Crippen LogP contribution >= 0.6 is 0 Å². The summed E-state index contributed by atoms with van der Waals surface area (Å²) in [5.74, 6) is 0. The molecule has 0 aromatic rings. The van der Waals surface area contributed by atoms with Crippen molar-refractivity contribution in [1.29, 1.82) is 0 Å². The van der Waals surface area contributed by atoms with Gasteiger partial charge in [0.15, 0.2) is 0 Å². The van der Waals surface area contributed by atoms with Gasteiger partial charge in [-0.15, -0.1) is 0 Å². The lowest BCUT2D eigenvalue weighted by atomic mass is 10.2. The summed E-state index contributed by atoms with van der Waals surface area (Å²) in [6, 6.07) is 0.523. The van der Waals surface area contributed by atoms with Gasteiger partial charge in [0.2, 0.25) is 0 Å². The summed E-state index contributed by atoms with van der Waals surface area (Å²) in [6.45, 7) is 7.25. The van der Waals surface area contributed by atoms with Crippen molar-refractivity contribution in [1.82, 2.24) is 4.90 Å². The van der Waals surface area contributed by atoms with Gasteiger partial charge >= 0.3 is 0 Å². The van der Waals surface area contributed by atoms with Crippen LogP contribution in [0.1, 0.15) is 26.7 Å². The smallest absolute Gasteiger partial charge is 0.0558 e. The second-order valence-corrected chi connectivity index (χ2v) is 3.55. The molecule has 3 nitrogen and oxygen atoms in total. The maximum absolute atomic E-state index is 8.82. The highest BCUT2D eigenvalue weighted by Gasteiger charge is 2.07. The van der Waals surface area contributed by atoms with E-state index >= 15 is 0 Å². The Bertz CT molecular complexity index is 107. The van der Waals surface area contributed by atoms with Crippen molar-refractivity contribution in [3.63, 3.8) is 0 Å². The maximum atomic E-state index is 8.82. The molecule has 0 bridgehead atoms. The molecule has 0 saturated heterocycles. The van der Waals surface area contributed by atoms with Crippen LogP contribution in [-0.2, 0) is 4.74 Å². The summed E-state index contributed by atoms with van der Waals surface area (Å²) in [5, 5.41) is 8.82. The molecule has 3 heteroatoms. The molecule has 0 fully saturated rings. The second-order valence-electron chi connectivity index (χ2n) is 3.55. The molecule has 0 spiro atoms. The van der Waals surface area contributed by atoms with E-state index in [9.17, 15) is 0 Å². The number of hydrogen-bond acceptors (Lipinski definition) is 3. The number of hydrogen-bond donors (Lipinski definition) is 1. The summed E-state index contributed by atoms with van der Waals surface area (Å²) in [5.41, 5.74) is 0. The summed E-state index contributed by atoms with van der Waals surface area (Å²) >= 11 is 0. The largest absolute Gasteiger partial charge is 0.395 e. The average molecular weight is 189 g/mol. The molecule has 80 valence electrons. The van der Waals surface area contributed by atoms with E-state index in [-0.39, 0.29) is 6.61 Å². The van der Waals surface area contributed by atoms with Gasteiger partial charge in [-0.2, -0.15) is 0 Å². The van der Waals surface area contributed by atoms with E-state index in [0.29, 0.717) is 6.04 Å². The second kappa shape index (κ2) is 8.48. The van der Waals surface area contributed by atoms with Gasteiger partial charge in [-0.25, -0.2) is 0 Å². The Kier molecular flexibility index (Phi) is 8.40. The fourth-order valence-corrected chi connectivity index (χ4v) is 1.32. The first-order valence-electron chi connectivity index (χ1n) is 5.06. The predicted octanol–water partition coefficient (Wildman–Crippen LogP) is 1.12. The third-order valence-corrected chi connectivity index (χ3v) is 2.16. The molecule has 0 heterocycles. The molecule has 0 aromatic heterocycles. The van der Waals surface area contributed by atoms with Crippen molar-refractivity contribution in [2.75, 3.05) is 33.4 Å². The van der Waals surface area contributed by atoms with Crippen molar-refractivity contribution in [3.8, 4) is 0 Å². The molecular formula is C10H23NO2. The lowest BCUT2D eigenvalue weighted by molar-refractivity contribution is 0.151. The van der Waals surface area contributed by atoms with Gasteiger partial charge in [-0.1, -0.05) is 0 Å². The van der Waals surface area contributed by atoms with Crippen LogP contribution in [0.25, 0.3) is 0 Å². The molecule has 0 aliphatic rings. The fourth-order valence-electron chi connectivity index (χ4n) is 1.32. The quantitative estimate of drug-likeness (QED) is 0.581. The first kappa shape index (κ1) is 12.9. The molecule has 0 aromatic carbocycles. The summed E-state index contributed by atoms with van der Waals surface area (Å²) in [6.07, 6.45) is 2.25. The number of aliphatic hydroxyl groups excluding tert-OH is 1. The Labute approximate surface area is 81.7 Å². The highest BCUT2D eigenvalue weighted by atomic mass is 16.5. The van der Waals surface area contributed by atoms with E-state index < -0.39 is 0 Å². The van der Waals surface area contributed by atoms with Gasteiger partial charge in [0, 0.05) is 26.3 Å². The zero-order chi connectivity index (χ0) is 10.1. The summed E-state index contributed by atoms with van der Waals surface area (Å²) in [7, 11) is 1.73. The number of rotatable bonds is 8. The van der Waals surface area contributed by atoms with E-state index in [1.165, 1.54) is 0 Å². The van der Waals surface area contributed by atoms with Crippen LogP contribution in [0.3, 0.4) is 0 Å². The van der Waals surface area contributed by atoms with Crippen LogP contribution in [0.4, 0.5) is 0 Å². The van der Waals surface area contributed by atoms with Crippen LogP contribution in [0.2, 0.25) is 0 Å². The minimum Gasteiger partial charge on any atom is -0.395 e. The topological polar surface area (TPSA) is 32.7 Å². The highest BCUT2D eigenvalue weighted by Crippen LogP contribution is 2.00. The van der Waals surface area contributed by atoms with E-state index in [4.69, 9.17) is 9.84 Å². The first-order chi connectivity index (χ1) is 6.22. The molecule has 1 N–H and O–H groups in total. The maximum Gasteiger partial charge on any atom is 0.0558 e. The third-order valence-electron chi connectivity index (χ3n) is 2.16. The Balaban J connectivity index is 3.45. The molecule has 0 radical (unpaired) electrons. The van der Waals surface area contributed by atoms with E-state index in [1.54, 1.807) is 7.11 Å². The van der Waals surface area contributed by atoms with Crippen LogP contribution in [-0.4, -0.2) is 49.5 Å². The molecule has 0 atom stereocenters. The van der Waals surface area contributed by atoms with E-state index in [0.717, 1.165) is 32.5 Å². The van der Waals surface area contributed by atoms with E-state index in [1.807, 2.05) is 0 Å². The zero-order valence-corrected chi connectivity index (χ0v) is 9.12. The first-order valence-corrected chi connectivity index (χ1v) is 5.06. The Morgan fingerprint density at radius 3 is 2.38 bits per heavy atom. The lowest BCUT2D eigenvalue weighted by Gasteiger charge is -2.25. The van der Waals surface area contributed by atoms with Crippen molar-refractivity contribution >= 4 is 0 Å². The van der Waals surface area contributed by atoms with Gasteiger partial charge < -0.3 is 9.84 Å². The van der Waals surface area contributed by atoms with Crippen LogP contribution in [0, 0.1) is 0 Å². The van der Waals surface area contributed by atoms with Gasteiger partial charge in [-0.05, 0) is 33.2 Å². The number of methoxy groups -OCH3 is 1. The van der Waals surface area contributed by atoms with Crippen LogP contribution in [0.5, 0.6) is 0 Å². The van der Waals surface area contributed by atoms with Crippen molar-refractivity contribution < 1.29 is 9.84 Å². The minimum absolute atomic E-state index is 0.252. The van der Waals surface area contributed by atoms with Crippen molar-refractivity contribution in [2.24, 2.45) is 0 Å². The average Bonchev–Trinajstić information content (AvgIpc) is 2.10. The Morgan fingerprint density at radius 1 is 1.23 bits per heavy atom. The SMILES string of the molecule is COCCCCN(CCO)C(C)C. The number of ether oxygens (including phenoxy) is 1. The van der Waals surface area contributed by atoms with Gasteiger partial charge in [0.1, 0.15) is 0 Å². The van der Waals surface area contributed by atoms with E-state index in [2.05, 4.69) is 18.7 Å². The minimum atomic E-state index is 0.252. The predicted molar refractivity (Wildman–Crippen MR) is 54.9 cm³/mol. The number of unbranched alkanes of at least 4 members (excludes halogenated alkanes) is 1. The molecular weight excluding hydrogens is 166 g/mol. The normalized spacial score (nSPS) is 11.5. The molecule has 0 saturated carbocycles. The standard InChI is InChI=1S/C10H23NO2/c1-10(2)11(7-8-12)6-4-5-9-13-3/h10,12H,4-9H2,1-3H3. The monoisotopic (exact) mass is 189 g/mol. The summed E-state index contributed by atoms with van der Waals surface area (Å²) in [4.78, 5) is 2.29. The number of nitrogens with zero attached hydrogens (tertiary/aromatic N) is 1. The summed E-state index contributed by atoms with van der Waals surface area (Å²) < 4.78 is 4.98.